The summed E-state index contributed by atoms with van der Waals surface area (Å²) in [5, 5.41) is 4.95. The second-order valence-corrected chi connectivity index (χ2v) is 7.03. The SMILES string of the molecule is Cc1cc(/C=N/NC(=O)COc2cccc3cccnc23)c(C)n1-c1ccccc1F. The third kappa shape index (κ3) is 4.30. The molecule has 0 aliphatic carbocycles. The minimum atomic E-state index is -0.396. The average Bonchev–Trinajstić information content (AvgIpc) is 3.05. The summed E-state index contributed by atoms with van der Waals surface area (Å²) in [6, 6.07) is 17.8. The number of benzene rings is 2. The Morgan fingerprint density at radius 3 is 2.81 bits per heavy atom. The summed E-state index contributed by atoms with van der Waals surface area (Å²) in [4.78, 5) is 16.4. The molecule has 0 radical (unpaired) electrons. The number of hydrogen-bond acceptors (Lipinski definition) is 4. The fourth-order valence-corrected chi connectivity index (χ4v) is 3.46. The van der Waals surface area contributed by atoms with E-state index < -0.39 is 5.91 Å². The van der Waals surface area contributed by atoms with Crippen LogP contribution in [0.25, 0.3) is 16.6 Å². The Bertz CT molecular complexity index is 1270. The normalized spacial score (nSPS) is 11.2. The summed E-state index contributed by atoms with van der Waals surface area (Å²) in [7, 11) is 0. The number of hydrazone groups is 1. The first-order valence-electron chi connectivity index (χ1n) is 9.77. The van der Waals surface area contributed by atoms with Gasteiger partial charge in [0.25, 0.3) is 5.91 Å². The van der Waals surface area contributed by atoms with Crippen LogP contribution in [0.5, 0.6) is 5.75 Å². The number of halogens is 1. The maximum Gasteiger partial charge on any atom is 0.277 e. The molecule has 6 nitrogen and oxygen atoms in total. The number of aromatic nitrogens is 2. The Morgan fingerprint density at radius 2 is 1.97 bits per heavy atom. The Hall–Kier alpha value is -4.00. The molecule has 0 saturated carbocycles. The largest absolute Gasteiger partial charge is 0.481 e. The van der Waals surface area contributed by atoms with Gasteiger partial charge in [0, 0.05) is 28.5 Å². The standard InChI is InChI=1S/C24H21FN4O2/c1-16-13-19(17(2)29(16)21-10-4-3-9-20(21)25)14-27-28-23(30)15-31-22-11-5-7-18-8-6-12-26-24(18)22/h3-14H,15H2,1-2H3,(H,28,30)/b27-14+. The topological polar surface area (TPSA) is 68.5 Å². The van der Waals surface area contributed by atoms with Crippen LogP contribution in [0.2, 0.25) is 0 Å². The predicted molar refractivity (Wildman–Crippen MR) is 118 cm³/mol. The Morgan fingerprint density at radius 1 is 1.16 bits per heavy atom. The zero-order valence-corrected chi connectivity index (χ0v) is 17.2. The third-order valence-corrected chi connectivity index (χ3v) is 4.91. The second-order valence-electron chi connectivity index (χ2n) is 7.03. The number of hydrogen-bond donors (Lipinski definition) is 1. The Labute approximate surface area is 179 Å². The molecule has 0 bridgehead atoms. The first-order chi connectivity index (χ1) is 15.0. The fourth-order valence-electron chi connectivity index (χ4n) is 3.46. The lowest BCUT2D eigenvalue weighted by molar-refractivity contribution is -0.123. The Balaban J connectivity index is 1.41. The number of nitrogens with zero attached hydrogens (tertiary/aromatic N) is 3. The first-order valence-corrected chi connectivity index (χ1v) is 9.77. The summed E-state index contributed by atoms with van der Waals surface area (Å²) in [5.41, 5.74) is 6.08. The van der Waals surface area contributed by atoms with Gasteiger partial charge in [-0.05, 0) is 44.2 Å². The number of ether oxygens (including phenoxy) is 1. The molecule has 2 aromatic heterocycles. The summed E-state index contributed by atoms with van der Waals surface area (Å²) < 4.78 is 21.6. The van der Waals surface area contributed by atoms with Crippen molar-refractivity contribution in [2.75, 3.05) is 6.61 Å². The van der Waals surface area contributed by atoms with Crippen molar-refractivity contribution < 1.29 is 13.9 Å². The molecule has 4 aromatic rings. The Kier molecular flexibility index (Phi) is 5.75. The number of aryl methyl sites for hydroxylation is 1. The molecule has 1 N–H and O–H groups in total. The van der Waals surface area contributed by atoms with E-state index in [0.29, 0.717) is 17.0 Å². The maximum absolute atomic E-state index is 14.2. The summed E-state index contributed by atoms with van der Waals surface area (Å²) in [6.45, 7) is 3.57. The van der Waals surface area contributed by atoms with Crippen LogP contribution in [-0.4, -0.2) is 28.3 Å². The van der Waals surface area contributed by atoms with Crippen LogP contribution in [0.4, 0.5) is 4.39 Å². The van der Waals surface area contributed by atoms with Gasteiger partial charge in [-0.1, -0.05) is 30.3 Å². The van der Waals surface area contributed by atoms with Crippen molar-refractivity contribution in [3.63, 3.8) is 0 Å². The van der Waals surface area contributed by atoms with E-state index in [1.165, 1.54) is 12.3 Å². The highest BCUT2D eigenvalue weighted by Crippen LogP contribution is 2.23. The van der Waals surface area contributed by atoms with Gasteiger partial charge < -0.3 is 9.30 Å². The number of carbonyl (C=O) groups is 1. The van der Waals surface area contributed by atoms with Crippen molar-refractivity contribution in [3.8, 4) is 11.4 Å². The quantitative estimate of drug-likeness (QED) is 0.376. The van der Waals surface area contributed by atoms with Crippen molar-refractivity contribution in [1.29, 1.82) is 0 Å². The highest BCUT2D eigenvalue weighted by atomic mass is 19.1. The zero-order chi connectivity index (χ0) is 21.8. The fraction of sp³-hybridized carbons (Fsp3) is 0.125. The van der Waals surface area contributed by atoms with Crippen LogP contribution in [0.1, 0.15) is 17.0 Å². The number of rotatable bonds is 6. The van der Waals surface area contributed by atoms with E-state index in [1.54, 1.807) is 30.5 Å². The van der Waals surface area contributed by atoms with Crippen LogP contribution in [-0.2, 0) is 4.79 Å². The molecule has 0 fully saturated rings. The van der Waals surface area contributed by atoms with Crippen LogP contribution in [0, 0.1) is 19.7 Å². The molecule has 7 heteroatoms. The summed E-state index contributed by atoms with van der Waals surface area (Å²) >= 11 is 0. The van der Waals surface area contributed by atoms with Crippen molar-refractivity contribution >= 4 is 23.0 Å². The minimum absolute atomic E-state index is 0.193. The van der Waals surface area contributed by atoms with Gasteiger partial charge in [-0.25, -0.2) is 9.82 Å². The third-order valence-electron chi connectivity index (χ3n) is 4.91. The number of amides is 1. The van der Waals surface area contributed by atoms with Gasteiger partial charge in [0.05, 0.1) is 11.9 Å². The van der Waals surface area contributed by atoms with E-state index in [4.69, 9.17) is 4.74 Å². The molecule has 156 valence electrons. The molecule has 1 amide bonds. The molecule has 2 aromatic carbocycles. The maximum atomic E-state index is 14.2. The van der Waals surface area contributed by atoms with Crippen molar-refractivity contribution in [2.24, 2.45) is 5.10 Å². The van der Waals surface area contributed by atoms with E-state index >= 15 is 0 Å². The highest BCUT2D eigenvalue weighted by Gasteiger charge is 2.12. The van der Waals surface area contributed by atoms with E-state index in [2.05, 4.69) is 15.5 Å². The predicted octanol–water partition coefficient (Wildman–Crippen LogP) is 4.31. The van der Waals surface area contributed by atoms with Crippen LogP contribution < -0.4 is 10.2 Å². The first kappa shape index (κ1) is 20.3. The van der Waals surface area contributed by atoms with E-state index in [1.807, 2.05) is 48.7 Å². The van der Waals surface area contributed by atoms with Crippen molar-refractivity contribution in [2.45, 2.75) is 13.8 Å². The summed E-state index contributed by atoms with van der Waals surface area (Å²) in [5.74, 6) is -0.168. The number of para-hydroxylation sites is 2. The lowest BCUT2D eigenvalue weighted by Crippen LogP contribution is -2.24. The summed E-state index contributed by atoms with van der Waals surface area (Å²) in [6.07, 6.45) is 3.22. The molecule has 0 unspecified atom stereocenters. The zero-order valence-electron chi connectivity index (χ0n) is 17.2. The molecule has 0 atom stereocenters. The number of pyridine rings is 1. The molecule has 31 heavy (non-hydrogen) atoms. The van der Waals surface area contributed by atoms with Crippen LogP contribution >= 0.6 is 0 Å². The van der Waals surface area contributed by atoms with Gasteiger partial charge in [-0.15, -0.1) is 0 Å². The van der Waals surface area contributed by atoms with Gasteiger partial charge in [0.1, 0.15) is 17.1 Å². The average molecular weight is 416 g/mol. The monoisotopic (exact) mass is 416 g/mol. The number of fused-ring (bicyclic) bond motifs is 1. The number of carbonyl (C=O) groups excluding carboxylic acids is 1. The van der Waals surface area contributed by atoms with E-state index in [9.17, 15) is 9.18 Å². The molecule has 0 aliphatic heterocycles. The van der Waals surface area contributed by atoms with Gasteiger partial charge in [-0.2, -0.15) is 5.10 Å². The van der Waals surface area contributed by atoms with E-state index in [-0.39, 0.29) is 12.4 Å². The number of nitrogens with one attached hydrogen (secondary N) is 1. The molecular formula is C24H21FN4O2. The molecule has 2 heterocycles. The van der Waals surface area contributed by atoms with Gasteiger partial charge >= 0.3 is 0 Å². The lowest BCUT2D eigenvalue weighted by Gasteiger charge is -2.10. The molecule has 0 saturated heterocycles. The molecular weight excluding hydrogens is 395 g/mol. The van der Waals surface area contributed by atoms with E-state index in [0.717, 1.165) is 22.3 Å². The second kappa shape index (κ2) is 8.79. The smallest absolute Gasteiger partial charge is 0.277 e. The van der Waals surface area contributed by atoms with Gasteiger partial charge in [-0.3, -0.25) is 9.78 Å². The molecule has 0 spiro atoms. The highest BCUT2D eigenvalue weighted by molar-refractivity contribution is 5.86. The minimum Gasteiger partial charge on any atom is -0.481 e. The molecule has 0 aliphatic rings. The van der Waals surface area contributed by atoms with Crippen molar-refractivity contribution in [3.05, 3.63) is 89.6 Å². The molecule has 4 rings (SSSR count). The van der Waals surface area contributed by atoms with Crippen molar-refractivity contribution in [1.82, 2.24) is 15.0 Å². The van der Waals surface area contributed by atoms with Crippen LogP contribution in [0.15, 0.2) is 72.0 Å². The van der Waals surface area contributed by atoms with Gasteiger partial charge in [0.2, 0.25) is 0 Å². The lowest BCUT2D eigenvalue weighted by atomic mass is 10.2. The van der Waals surface area contributed by atoms with Crippen LogP contribution in [0.3, 0.4) is 0 Å². The van der Waals surface area contributed by atoms with Gasteiger partial charge in [0.15, 0.2) is 6.61 Å².